The Morgan fingerprint density at radius 1 is 0.136 bits per heavy atom. The van der Waals surface area contributed by atoms with Gasteiger partial charge in [-0.15, -0.1) is 0 Å². The molecule has 0 heterocycles. The summed E-state index contributed by atoms with van der Waals surface area (Å²) in [6, 6.07) is 0. The van der Waals surface area contributed by atoms with E-state index in [-0.39, 0.29) is 0 Å². The van der Waals surface area contributed by atoms with Crippen molar-refractivity contribution in [3.8, 4) is 22.3 Å². The van der Waals surface area contributed by atoms with Gasteiger partial charge in [-0.05, 0) is 10.4 Å². The zero-order valence-corrected chi connectivity index (χ0v) is 33.1. The summed E-state index contributed by atoms with van der Waals surface area (Å²) in [5.41, 5.74) is -10.8. The van der Waals surface area contributed by atoms with E-state index in [1.807, 2.05) is 0 Å². The van der Waals surface area contributed by atoms with E-state index in [9.17, 15) is 61.5 Å². The molecule has 346 valence electrons. The average molecular weight is 1010 g/mol. The van der Waals surface area contributed by atoms with Crippen LogP contribution in [0.25, 0.3) is 43.8 Å². The number of benzene rings is 7. The van der Waals surface area contributed by atoms with Crippen molar-refractivity contribution in [2.75, 3.05) is 0 Å². The second kappa shape index (κ2) is 16.2. The minimum absolute atomic E-state index is 2.02. The minimum atomic E-state index is -4.44. The Labute approximate surface area is 348 Å². The third kappa shape index (κ3) is 6.43. The van der Waals surface area contributed by atoms with Gasteiger partial charge in [0, 0.05) is 31.9 Å². The maximum Gasteiger partial charge on any atom is 0.200 e. The van der Waals surface area contributed by atoms with Gasteiger partial charge in [-0.2, -0.15) is 0 Å². The lowest BCUT2D eigenvalue weighted by atomic mass is 10.00. The summed E-state index contributed by atoms with van der Waals surface area (Å²) in [5, 5.41) is -17.7. The fourth-order valence-electron chi connectivity index (χ4n) is 7.11. The van der Waals surface area contributed by atoms with Crippen LogP contribution >= 0.6 is 0 Å². The van der Waals surface area contributed by atoms with Crippen molar-refractivity contribution in [1.82, 2.24) is 0 Å². The van der Waals surface area contributed by atoms with Gasteiger partial charge in [0.05, 0.1) is 41.3 Å². The lowest BCUT2D eigenvalue weighted by Crippen LogP contribution is -2.41. The zero-order chi connectivity index (χ0) is 49.4. The molecular formula is C38H4F26Si2. The highest BCUT2D eigenvalue weighted by Gasteiger charge is 2.39. The molecule has 0 spiro atoms. The van der Waals surface area contributed by atoms with Crippen molar-refractivity contribution in [3.63, 3.8) is 0 Å². The molecule has 0 aliphatic rings. The summed E-state index contributed by atoms with van der Waals surface area (Å²) in [7, 11) is -8.89. The van der Waals surface area contributed by atoms with Gasteiger partial charge in [0.2, 0.25) is 11.6 Å². The summed E-state index contributed by atoms with van der Waals surface area (Å²) in [6.07, 6.45) is 0. The lowest BCUT2D eigenvalue weighted by molar-refractivity contribution is 0.379. The maximum atomic E-state index is 15.9. The molecule has 0 unspecified atom stereocenters. The summed E-state index contributed by atoms with van der Waals surface area (Å²) in [4.78, 5) is 0. The van der Waals surface area contributed by atoms with Crippen LogP contribution in [0.5, 0.6) is 0 Å². The molecule has 0 aliphatic heterocycles. The summed E-state index contributed by atoms with van der Waals surface area (Å²) >= 11 is 0. The molecule has 0 atom stereocenters. The van der Waals surface area contributed by atoms with Crippen LogP contribution in [0.4, 0.5) is 114 Å². The molecule has 0 saturated heterocycles. The zero-order valence-electron chi connectivity index (χ0n) is 30.2. The molecular weight excluding hydrogens is 1010 g/mol. The molecule has 0 saturated carbocycles. The minimum Gasteiger partial charge on any atom is -0.204 e. The summed E-state index contributed by atoms with van der Waals surface area (Å²) in [5.74, 6) is -79.0. The predicted octanol–water partition coefficient (Wildman–Crippen LogP) is 9.18. The molecule has 0 bridgehead atoms. The SMILES string of the molecule is Fc1c(F)c(F)c(-c2c(F)c(F)c([SiH2]c3c4c(F)c(F)c(F)c(F)c4c([SiH2]c4c(F)c(F)c(-c5c(F)c(F)c(F)c(F)c5F)c(F)c4F)c4c(F)c(F)c(F)c(F)c34)c(F)c2F)c(F)c1F. The fraction of sp³-hybridized carbons (Fsp3) is 0. The topological polar surface area (TPSA) is 0 Å². The Morgan fingerprint density at radius 3 is 0.455 bits per heavy atom. The van der Waals surface area contributed by atoms with E-state index >= 15 is 52.7 Å². The largest absolute Gasteiger partial charge is 0.204 e. The second-order valence-corrected chi connectivity index (χ2v) is 17.0. The van der Waals surface area contributed by atoms with Crippen molar-refractivity contribution in [2.45, 2.75) is 0 Å². The number of rotatable bonds is 6. The Kier molecular flexibility index (Phi) is 11.7. The highest BCUT2D eigenvalue weighted by atomic mass is 28.2. The van der Waals surface area contributed by atoms with Crippen molar-refractivity contribution < 1.29 is 114 Å². The number of halogens is 26. The molecule has 0 N–H and O–H groups in total. The smallest absolute Gasteiger partial charge is 0.200 e. The monoisotopic (exact) mass is 1010 g/mol. The lowest BCUT2D eigenvalue weighted by Gasteiger charge is -2.21. The third-order valence-electron chi connectivity index (χ3n) is 10.1. The van der Waals surface area contributed by atoms with E-state index in [2.05, 4.69) is 0 Å². The Hall–Kier alpha value is -6.33. The van der Waals surface area contributed by atoms with Gasteiger partial charge in [-0.1, -0.05) is 0 Å². The van der Waals surface area contributed by atoms with E-state index in [0.717, 1.165) is 0 Å². The van der Waals surface area contributed by atoms with Gasteiger partial charge in [0.25, 0.3) is 0 Å². The van der Waals surface area contributed by atoms with Gasteiger partial charge in [-0.25, -0.2) is 114 Å². The van der Waals surface area contributed by atoms with Gasteiger partial charge in [0.15, 0.2) is 140 Å². The molecule has 0 nitrogen and oxygen atoms in total. The average Bonchev–Trinajstić information content (AvgIpc) is 3.29. The quantitative estimate of drug-likeness (QED) is 0.0513. The number of hydrogen-bond donors (Lipinski definition) is 0. The molecule has 66 heavy (non-hydrogen) atoms. The van der Waals surface area contributed by atoms with Gasteiger partial charge >= 0.3 is 0 Å². The number of fused-ring (bicyclic) bond motifs is 2. The molecule has 0 radical (unpaired) electrons. The van der Waals surface area contributed by atoms with Crippen LogP contribution in [0.2, 0.25) is 0 Å². The Bertz CT molecular complexity index is 2970. The van der Waals surface area contributed by atoms with Crippen LogP contribution in [0.3, 0.4) is 0 Å². The molecule has 0 aromatic heterocycles. The van der Waals surface area contributed by atoms with Crippen molar-refractivity contribution in [1.29, 1.82) is 0 Å². The first-order valence-electron chi connectivity index (χ1n) is 16.8. The van der Waals surface area contributed by atoms with Crippen molar-refractivity contribution >= 4 is 61.3 Å². The predicted molar refractivity (Wildman–Crippen MR) is 180 cm³/mol. The molecule has 0 fully saturated rings. The van der Waals surface area contributed by atoms with Crippen LogP contribution in [0.1, 0.15) is 0 Å². The molecule has 7 aromatic rings. The summed E-state index contributed by atoms with van der Waals surface area (Å²) < 4.78 is 390. The highest BCUT2D eigenvalue weighted by Crippen LogP contribution is 2.39. The van der Waals surface area contributed by atoms with Crippen LogP contribution in [-0.2, 0) is 0 Å². The van der Waals surface area contributed by atoms with E-state index in [4.69, 9.17) is 0 Å². The Morgan fingerprint density at radius 2 is 0.273 bits per heavy atom. The molecule has 0 amide bonds. The molecule has 7 aromatic carbocycles. The second-order valence-electron chi connectivity index (χ2n) is 13.4. The third-order valence-corrected chi connectivity index (χ3v) is 14.1. The fourth-order valence-corrected chi connectivity index (χ4v) is 11.1. The van der Waals surface area contributed by atoms with E-state index in [1.165, 1.54) is 0 Å². The molecule has 7 rings (SSSR count). The van der Waals surface area contributed by atoms with Gasteiger partial charge < -0.3 is 0 Å². The molecule has 28 heteroatoms. The standard InChI is InChI=1S/C38H4F26Si2/c39-9-1(10(40)22(52)29(59)21(9)51)3-13(43)31(61)37(32(62)14(3)44)65-35-5-7(19(49)27(57)25(55)17(5)47)36(8-6(35)18(48)26(56)28(58)20(8)50)66-38-33(63)15(45)4(16(46)34(38)64)2-11(41)23(53)30(60)24(54)12(2)42/h65-66H2. The van der Waals surface area contributed by atoms with E-state index < -0.39 is 235 Å². The van der Waals surface area contributed by atoms with Crippen molar-refractivity contribution in [3.05, 3.63) is 151 Å². The highest BCUT2D eigenvalue weighted by molar-refractivity contribution is 6.77. The first kappa shape index (κ1) is 47.6. The van der Waals surface area contributed by atoms with Crippen LogP contribution in [0, 0.1) is 151 Å². The van der Waals surface area contributed by atoms with E-state index in [0.29, 0.717) is 0 Å². The van der Waals surface area contributed by atoms with Gasteiger partial charge in [-0.3, -0.25) is 0 Å². The van der Waals surface area contributed by atoms with Crippen molar-refractivity contribution in [2.24, 2.45) is 0 Å². The molecule has 0 aliphatic carbocycles. The van der Waals surface area contributed by atoms with Gasteiger partial charge in [0.1, 0.15) is 0 Å². The Balaban J connectivity index is 1.60. The maximum absolute atomic E-state index is 15.9. The van der Waals surface area contributed by atoms with E-state index in [1.54, 1.807) is 0 Å². The summed E-state index contributed by atoms with van der Waals surface area (Å²) in [6.45, 7) is 0. The van der Waals surface area contributed by atoms with Crippen LogP contribution in [-0.4, -0.2) is 19.0 Å². The number of hydrogen-bond acceptors (Lipinski definition) is 0. The normalized spacial score (nSPS) is 12.3. The first-order chi connectivity index (χ1) is 30.6. The first-order valence-corrected chi connectivity index (χ1v) is 19.7. The van der Waals surface area contributed by atoms with Crippen LogP contribution < -0.4 is 20.7 Å². The van der Waals surface area contributed by atoms with Crippen LogP contribution in [0.15, 0.2) is 0 Å².